The number of nitrogens with zero attached hydrogens (tertiary/aromatic N) is 3. The topological polar surface area (TPSA) is 103 Å². The molecule has 0 aromatic carbocycles. The van der Waals surface area contributed by atoms with Gasteiger partial charge in [-0.05, 0) is 12.1 Å². The van der Waals surface area contributed by atoms with Crippen molar-refractivity contribution in [3.63, 3.8) is 0 Å². The second-order valence-electron chi connectivity index (χ2n) is 3.63. The fraction of sp³-hybridized carbons (Fsp3) is 0.200. The molecular weight excluding hydrogens is 254 g/mol. The predicted octanol–water partition coefficient (Wildman–Crippen LogP) is 0.0746. The summed E-state index contributed by atoms with van der Waals surface area (Å²) < 4.78 is 27.9. The van der Waals surface area contributed by atoms with Gasteiger partial charge >= 0.3 is 0 Å². The molecule has 0 amide bonds. The van der Waals surface area contributed by atoms with Gasteiger partial charge in [0.2, 0.25) is 0 Å². The number of hydrogen-bond acceptors (Lipinski definition) is 5. The van der Waals surface area contributed by atoms with Crippen LogP contribution in [0.5, 0.6) is 0 Å². The first-order valence-corrected chi connectivity index (χ1v) is 6.67. The zero-order valence-corrected chi connectivity index (χ0v) is 10.6. The Balaban J connectivity index is 2.28. The number of anilines is 1. The van der Waals surface area contributed by atoms with Gasteiger partial charge in [-0.1, -0.05) is 0 Å². The van der Waals surface area contributed by atoms with Crippen LogP contribution in [0.1, 0.15) is 5.69 Å². The number of nitrogens with two attached hydrogens (primary N) is 1. The average molecular weight is 267 g/mol. The quantitative estimate of drug-likeness (QED) is 0.816. The van der Waals surface area contributed by atoms with Crippen molar-refractivity contribution in [3.8, 4) is 0 Å². The number of aryl methyl sites for hydroxylation is 1. The van der Waals surface area contributed by atoms with Gasteiger partial charge in [-0.2, -0.15) is 5.10 Å². The van der Waals surface area contributed by atoms with E-state index < -0.39 is 10.0 Å². The molecule has 0 atom stereocenters. The molecule has 2 heterocycles. The van der Waals surface area contributed by atoms with Gasteiger partial charge in [0.1, 0.15) is 10.7 Å². The first-order chi connectivity index (χ1) is 8.53. The standard InChI is InChI=1S/C10H13N5O2S/c1-15-10(4-5-13-15)14-18(16,17)9-3-2-8(6-11)12-7-9/h2-5,7,14H,6,11H2,1H3. The molecule has 0 unspecified atom stereocenters. The van der Waals surface area contributed by atoms with Crippen LogP contribution in [-0.2, 0) is 23.6 Å². The van der Waals surface area contributed by atoms with Crippen LogP contribution in [0.4, 0.5) is 5.82 Å². The summed E-state index contributed by atoms with van der Waals surface area (Å²) in [6.07, 6.45) is 2.79. The highest BCUT2D eigenvalue weighted by molar-refractivity contribution is 7.92. The largest absolute Gasteiger partial charge is 0.325 e. The van der Waals surface area contributed by atoms with Crippen LogP contribution < -0.4 is 10.5 Å². The highest BCUT2D eigenvalue weighted by Crippen LogP contribution is 2.14. The molecule has 0 saturated heterocycles. The van der Waals surface area contributed by atoms with Crippen LogP contribution in [0.15, 0.2) is 35.5 Å². The van der Waals surface area contributed by atoms with E-state index in [2.05, 4.69) is 14.8 Å². The Morgan fingerprint density at radius 3 is 2.67 bits per heavy atom. The van der Waals surface area contributed by atoms with Crippen molar-refractivity contribution in [3.05, 3.63) is 36.3 Å². The van der Waals surface area contributed by atoms with Gasteiger partial charge in [-0.15, -0.1) is 0 Å². The summed E-state index contributed by atoms with van der Waals surface area (Å²) in [5.41, 5.74) is 6.03. The zero-order valence-electron chi connectivity index (χ0n) is 9.74. The van der Waals surface area contributed by atoms with Crippen LogP contribution >= 0.6 is 0 Å². The van der Waals surface area contributed by atoms with Gasteiger partial charge in [0.05, 0.1) is 11.9 Å². The molecule has 0 saturated carbocycles. The smallest absolute Gasteiger partial charge is 0.264 e. The fourth-order valence-electron chi connectivity index (χ4n) is 1.36. The Morgan fingerprint density at radius 2 is 2.17 bits per heavy atom. The van der Waals surface area contributed by atoms with Crippen molar-refractivity contribution in [1.82, 2.24) is 14.8 Å². The third-order valence-electron chi connectivity index (χ3n) is 2.38. The molecular formula is C10H13N5O2S. The molecule has 0 radical (unpaired) electrons. The lowest BCUT2D eigenvalue weighted by molar-refractivity contribution is 0.599. The Hall–Kier alpha value is -1.93. The van der Waals surface area contributed by atoms with E-state index in [4.69, 9.17) is 5.73 Å². The number of nitrogens with one attached hydrogen (secondary N) is 1. The summed E-state index contributed by atoms with van der Waals surface area (Å²) in [6.45, 7) is 0.273. The molecule has 3 N–H and O–H groups in total. The number of pyridine rings is 1. The van der Waals surface area contributed by atoms with Gasteiger partial charge in [0, 0.05) is 25.9 Å². The van der Waals surface area contributed by atoms with Crippen molar-refractivity contribution in [2.75, 3.05) is 4.72 Å². The first-order valence-electron chi connectivity index (χ1n) is 5.19. The predicted molar refractivity (Wildman–Crippen MR) is 66.1 cm³/mol. The molecule has 0 spiro atoms. The molecule has 18 heavy (non-hydrogen) atoms. The lowest BCUT2D eigenvalue weighted by Gasteiger charge is -2.07. The minimum atomic E-state index is -3.64. The number of aromatic nitrogens is 3. The van der Waals surface area contributed by atoms with Gasteiger partial charge in [0.15, 0.2) is 0 Å². The Kier molecular flexibility index (Phi) is 3.30. The molecule has 96 valence electrons. The van der Waals surface area contributed by atoms with Crippen molar-refractivity contribution < 1.29 is 8.42 Å². The lowest BCUT2D eigenvalue weighted by Crippen LogP contribution is -2.16. The summed E-state index contributed by atoms with van der Waals surface area (Å²) in [5.74, 6) is 0.387. The third kappa shape index (κ3) is 2.49. The van der Waals surface area contributed by atoms with Gasteiger partial charge in [-0.3, -0.25) is 14.4 Å². The zero-order chi connectivity index (χ0) is 13.2. The average Bonchev–Trinajstić information content (AvgIpc) is 2.74. The van der Waals surface area contributed by atoms with Gasteiger partial charge in [-0.25, -0.2) is 8.42 Å². The molecule has 0 fully saturated rings. The molecule has 0 aliphatic heterocycles. The van der Waals surface area contributed by atoms with Crippen LogP contribution in [0, 0.1) is 0 Å². The minimum Gasteiger partial charge on any atom is -0.325 e. The van der Waals surface area contributed by atoms with Crippen LogP contribution in [0.3, 0.4) is 0 Å². The molecule has 7 nitrogen and oxygen atoms in total. The highest BCUT2D eigenvalue weighted by Gasteiger charge is 2.16. The SMILES string of the molecule is Cn1nccc1NS(=O)(=O)c1ccc(CN)nc1. The van der Waals surface area contributed by atoms with E-state index in [1.165, 1.54) is 23.1 Å². The highest BCUT2D eigenvalue weighted by atomic mass is 32.2. The summed E-state index contributed by atoms with van der Waals surface area (Å²) >= 11 is 0. The fourth-order valence-corrected chi connectivity index (χ4v) is 2.39. The molecule has 2 rings (SSSR count). The van der Waals surface area contributed by atoms with E-state index in [1.807, 2.05) is 0 Å². The van der Waals surface area contributed by atoms with Gasteiger partial charge < -0.3 is 5.73 Å². The van der Waals surface area contributed by atoms with Crippen molar-refractivity contribution >= 4 is 15.8 Å². The number of hydrogen-bond donors (Lipinski definition) is 2. The van der Waals surface area contributed by atoms with E-state index in [0.29, 0.717) is 11.5 Å². The van der Waals surface area contributed by atoms with E-state index in [9.17, 15) is 8.42 Å². The van der Waals surface area contributed by atoms with Crippen molar-refractivity contribution in [2.45, 2.75) is 11.4 Å². The lowest BCUT2D eigenvalue weighted by atomic mass is 10.4. The first kappa shape index (κ1) is 12.5. The Morgan fingerprint density at radius 1 is 1.39 bits per heavy atom. The number of rotatable bonds is 4. The summed E-state index contributed by atoms with van der Waals surface area (Å²) in [4.78, 5) is 4.03. The second-order valence-corrected chi connectivity index (χ2v) is 5.32. The second kappa shape index (κ2) is 4.75. The maximum Gasteiger partial charge on any atom is 0.264 e. The Bertz CT molecular complexity index is 633. The number of sulfonamides is 1. The van der Waals surface area contributed by atoms with Crippen molar-refractivity contribution in [1.29, 1.82) is 0 Å². The van der Waals surface area contributed by atoms with E-state index in [1.54, 1.807) is 19.2 Å². The monoisotopic (exact) mass is 267 g/mol. The van der Waals surface area contributed by atoms with E-state index in [-0.39, 0.29) is 11.4 Å². The van der Waals surface area contributed by atoms with Crippen molar-refractivity contribution in [2.24, 2.45) is 12.8 Å². The van der Waals surface area contributed by atoms with E-state index >= 15 is 0 Å². The summed E-state index contributed by atoms with van der Waals surface area (Å²) in [6, 6.07) is 4.62. The normalized spacial score (nSPS) is 11.4. The molecule has 0 bridgehead atoms. The molecule has 8 heteroatoms. The minimum absolute atomic E-state index is 0.0842. The summed E-state index contributed by atoms with van der Waals surface area (Å²) in [7, 11) is -2.00. The maximum absolute atomic E-state index is 12.0. The molecule has 2 aromatic heterocycles. The Labute approximate surface area is 105 Å². The van der Waals surface area contributed by atoms with Crippen LogP contribution in [0.25, 0.3) is 0 Å². The molecule has 2 aromatic rings. The third-order valence-corrected chi connectivity index (χ3v) is 3.72. The van der Waals surface area contributed by atoms with Crippen LogP contribution in [0.2, 0.25) is 0 Å². The van der Waals surface area contributed by atoms with Gasteiger partial charge in [0.25, 0.3) is 10.0 Å². The molecule has 0 aliphatic rings. The van der Waals surface area contributed by atoms with E-state index in [0.717, 1.165) is 0 Å². The summed E-state index contributed by atoms with van der Waals surface area (Å²) in [5, 5.41) is 3.88. The maximum atomic E-state index is 12.0. The van der Waals surface area contributed by atoms with Crippen LogP contribution in [-0.4, -0.2) is 23.2 Å². The molecule has 0 aliphatic carbocycles.